The average Bonchev–Trinajstić information content (AvgIpc) is 2.77. The average molecular weight is 512 g/mol. The van der Waals surface area contributed by atoms with Crippen LogP contribution in [-0.4, -0.2) is 89.3 Å². The summed E-state index contributed by atoms with van der Waals surface area (Å²) in [6.07, 6.45) is 6.13. The molecule has 0 bridgehead atoms. The third-order valence-corrected chi connectivity index (χ3v) is 6.24. The summed E-state index contributed by atoms with van der Waals surface area (Å²) in [5.41, 5.74) is 11.4. The standard InChI is InChI=1S/C19H37N5O5S3/c1-31-9-6-12(21)16(25)22-14(7-10-32-2)18(27)23-13(5-3-4-8-20)17(26)24-15(11-30)19(28)29/h12-15,30H,3-11,20-21H2,1-2H3,(H,22,25)(H,23,27)(H,24,26)(H,28,29). The number of carbonyl (C=O) groups excluding carboxylic acids is 3. The van der Waals surface area contributed by atoms with Crippen molar-refractivity contribution in [1.29, 1.82) is 0 Å². The van der Waals surface area contributed by atoms with E-state index in [1.54, 1.807) is 11.8 Å². The van der Waals surface area contributed by atoms with Crippen molar-refractivity contribution in [3.8, 4) is 0 Å². The second-order valence-electron chi connectivity index (χ2n) is 7.16. The lowest BCUT2D eigenvalue weighted by atomic mass is 10.1. The number of hydrogen-bond acceptors (Lipinski definition) is 9. The van der Waals surface area contributed by atoms with Gasteiger partial charge in [0.25, 0.3) is 0 Å². The van der Waals surface area contributed by atoms with Crippen LogP contribution in [0.4, 0.5) is 0 Å². The van der Waals surface area contributed by atoms with E-state index in [0.29, 0.717) is 38.0 Å². The lowest BCUT2D eigenvalue weighted by Crippen LogP contribution is -2.57. The lowest BCUT2D eigenvalue weighted by molar-refractivity contribution is -0.141. The Balaban J connectivity index is 5.31. The Labute approximate surface area is 203 Å². The summed E-state index contributed by atoms with van der Waals surface area (Å²) in [5.74, 6) is -1.54. The Morgan fingerprint density at radius 3 is 1.84 bits per heavy atom. The molecule has 0 aliphatic heterocycles. The fourth-order valence-corrected chi connectivity index (χ4v) is 3.86. The van der Waals surface area contributed by atoms with Gasteiger partial charge in [0, 0.05) is 5.75 Å². The predicted molar refractivity (Wildman–Crippen MR) is 134 cm³/mol. The molecule has 0 rings (SSSR count). The molecule has 0 saturated heterocycles. The highest BCUT2D eigenvalue weighted by molar-refractivity contribution is 7.98. The molecule has 0 heterocycles. The van der Waals surface area contributed by atoms with Gasteiger partial charge in [0.2, 0.25) is 17.7 Å². The Hall–Kier alpha value is -1.15. The zero-order valence-electron chi connectivity index (χ0n) is 18.7. The Kier molecular flexibility index (Phi) is 17.6. The van der Waals surface area contributed by atoms with Gasteiger partial charge in [-0.05, 0) is 62.7 Å². The van der Waals surface area contributed by atoms with Gasteiger partial charge in [0.05, 0.1) is 6.04 Å². The largest absolute Gasteiger partial charge is 0.480 e. The summed E-state index contributed by atoms with van der Waals surface area (Å²) in [4.78, 5) is 49.3. The third-order valence-electron chi connectivity index (χ3n) is 4.59. The first-order chi connectivity index (χ1) is 15.2. The van der Waals surface area contributed by atoms with Crippen molar-refractivity contribution in [3.05, 3.63) is 0 Å². The quantitative estimate of drug-likeness (QED) is 0.0937. The maximum absolute atomic E-state index is 12.9. The molecule has 0 fully saturated rings. The first kappa shape index (κ1) is 30.9. The highest BCUT2D eigenvalue weighted by Gasteiger charge is 2.29. The molecule has 0 aromatic rings. The molecule has 8 N–H and O–H groups in total. The molecule has 10 nitrogen and oxygen atoms in total. The summed E-state index contributed by atoms with van der Waals surface area (Å²) in [6.45, 7) is 0.428. The number of aliphatic carboxylic acids is 1. The molecule has 32 heavy (non-hydrogen) atoms. The highest BCUT2D eigenvalue weighted by Crippen LogP contribution is 2.07. The second-order valence-corrected chi connectivity index (χ2v) is 9.49. The molecule has 4 atom stereocenters. The van der Waals surface area contributed by atoms with Crippen molar-refractivity contribution < 1.29 is 24.3 Å². The summed E-state index contributed by atoms with van der Waals surface area (Å²) < 4.78 is 0. The molecule has 0 spiro atoms. The van der Waals surface area contributed by atoms with Crippen molar-refractivity contribution in [1.82, 2.24) is 16.0 Å². The fourth-order valence-electron chi connectivity index (χ4n) is 2.65. The van der Waals surface area contributed by atoms with E-state index in [-0.39, 0.29) is 12.2 Å². The van der Waals surface area contributed by atoms with E-state index < -0.39 is 47.9 Å². The van der Waals surface area contributed by atoms with Gasteiger partial charge in [0.15, 0.2) is 0 Å². The molecule has 13 heteroatoms. The van der Waals surface area contributed by atoms with Crippen LogP contribution in [0, 0.1) is 0 Å². The van der Waals surface area contributed by atoms with Crippen LogP contribution in [0.5, 0.6) is 0 Å². The number of nitrogens with two attached hydrogens (primary N) is 2. The maximum Gasteiger partial charge on any atom is 0.327 e. The Morgan fingerprint density at radius 2 is 1.34 bits per heavy atom. The van der Waals surface area contributed by atoms with Crippen molar-refractivity contribution in [3.63, 3.8) is 0 Å². The van der Waals surface area contributed by atoms with Crippen molar-refractivity contribution in [2.45, 2.75) is 56.3 Å². The molecule has 3 amide bonds. The van der Waals surface area contributed by atoms with Crippen LogP contribution in [0.2, 0.25) is 0 Å². The second kappa shape index (κ2) is 18.3. The Bertz CT molecular complexity index is 600. The van der Waals surface area contributed by atoms with Crippen LogP contribution in [0.1, 0.15) is 32.1 Å². The number of hydrogen-bond donors (Lipinski definition) is 7. The molecular formula is C19H37N5O5S3. The lowest BCUT2D eigenvalue weighted by Gasteiger charge is -2.25. The highest BCUT2D eigenvalue weighted by atomic mass is 32.2. The van der Waals surface area contributed by atoms with E-state index in [0.717, 1.165) is 5.75 Å². The van der Waals surface area contributed by atoms with Crippen LogP contribution in [0.3, 0.4) is 0 Å². The minimum atomic E-state index is -1.22. The van der Waals surface area contributed by atoms with Gasteiger partial charge < -0.3 is 32.5 Å². The molecule has 186 valence electrons. The normalized spacial score (nSPS) is 14.7. The van der Waals surface area contributed by atoms with Gasteiger partial charge in [-0.2, -0.15) is 36.2 Å². The number of carboxylic acids is 1. The first-order valence-electron chi connectivity index (χ1n) is 10.4. The van der Waals surface area contributed by atoms with Crippen LogP contribution < -0.4 is 27.4 Å². The topological polar surface area (TPSA) is 177 Å². The predicted octanol–water partition coefficient (Wildman–Crippen LogP) is -0.582. The molecule has 0 saturated carbocycles. The molecule has 0 radical (unpaired) electrons. The number of thiol groups is 1. The SMILES string of the molecule is CSCCC(N)C(=O)NC(CCSC)C(=O)NC(CCCCN)C(=O)NC(CS)C(=O)O. The molecule has 0 aliphatic carbocycles. The summed E-state index contributed by atoms with van der Waals surface area (Å²) >= 11 is 7.04. The van der Waals surface area contributed by atoms with E-state index >= 15 is 0 Å². The smallest absolute Gasteiger partial charge is 0.327 e. The molecule has 4 unspecified atom stereocenters. The number of carboxylic acid groups (broad SMARTS) is 1. The fraction of sp³-hybridized carbons (Fsp3) is 0.789. The number of carbonyl (C=O) groups is 4. The van der Waals surface area contributed by atoms with E-state index in [2.05, 4.69) is 28.6 Å². The monoisotopic (exact) mass is 511 g/mol. The molecule has 0 aromatic heterocycles. The van der Waals surface area contributed by atoms with E-state index in [1.807, 2.05) is 12.5 Å². The van der Waals surface area contributed by atoms with E-state index in [4.69, 9.17) is 16.6 Å². The number of thioether (sulfide) groups is 2. The molecular weight excluding hydrogens is 474 g/mol. The number of unbranched alkanes of at least 4 members (excludes halogenated alkanes) is 1. The van der Waals surface area contributed by atoms with Crippen molar-refractivity contribution in [2.75, 3.05) is 36.3 Å². The van der Waals surface area contributed by atoms with Crippen molar-refractivity contribution in [2.24, 2.45) is 11.5 Å². The van der Waals surface area contributed by atoms with Crippen LogP contribution in [0.15, 0.2) is 0 Å². The van der Waals surface area contributed by atoms with Gasteiger partial charge in [-0.3, -0.25) is 14.4 Å². The maximum atomic E-state index is 12.9. The molecule has 0 aliphatic rings. The van der Waals surface area contributed by atoms with Crippen LogP contribution >= 0.6 is 36.2 Å². The van der Waals surface area contributed by atoms with Gasteiger partial charge in [-0.15, -0.1) is 0 Å². The summed E-state index contributed by atoms with van der Waals surface area (Å²) in [5, 5.41) is 16.9. The number of nitrogens with one attached hydrogen (secondary N) is 3. The molecule has 0 aromatic carbocycles. The van der Waals surface area contributed by atoms with Gasteiger partial charge in [0.1, 0.15) is 18.1 Å². The zero-order valence-corrected chi connectivity index (χ0v) is 21.2. The summed E-state index contributed by atoms with van der Waals surface area (Å²) in [6, 6.07) is -3.74. The van der Waals surface area contributed by atoms with Gasteiger partial charge in [-0.1, -0.05) is 0 Å². The van der Waals surface area contributed by atoms with Crippen LogP contribution in [-0.2, 0) is 19.2 Å². The van der Waals surface area contributed by atoms with Gasteiger partial charge >= 0.3 is 5.97 Å². The van der Waals surface area contributed by atoms with Crippen LogP contribution in [0.25, 0.3) is 0 Å². The number of rotatable bonds is 18. The van der Waals surface area contributed by atoms with Crippen molar-refractivity contribution >= 4 is 59.8 Å². The minimum Gasteiger partial charge on any atom is -0.480 e. The summed E-state index contributed by atoms with van der Waals surface area (Å²) in [7, 11) is 0. The van der Waals surface area contributed by atoms with E-state index in [9.17, 15) is 19.2 Å². The van der Waals surface area contributed by atoms with E-state index in [1.165, 1.54) is 11.8 Å². The first-order valence-corrected chi connectivity index (χ1v) is 13.8. The third kappa shape index (κ3) is 12.8. The minimum absolute atomic E-state index is 0.0924. The zero-order chi connectivity index (χ0) is 24.5. The van der Waals surface area contributed by atoms with Gasteiger partial charge in [-0.25, -0.2) is 4.79 Å². The number of amides is 3. The Morgan fingerprint density at radius 1 is 0.844 bits per heavy atom.